The van der Waals surface area contributed by atoms with Gasteiger partial charge in [-0.1, -0.05) is 19.3 Å². The van der Waals surface area contributed by atoms with Gasteiger partial charge in [0.2, 0.25) is 5.91 Å². The summed E-state index contributed by atoms with van der Waals surface area (Å²) in [6.45, 7) is 10.1. The number of nitrogens with one attached hydrogen (secondary N) is 1. The second-order valence-corrected chi connectivity index (χ2v) is 8.40. The van der Waals surface area contributed by atoms with E-state index in [0.717, 1.165) is 37.1 Å². The number of anilines is 1. The molecule has 0 saturated heterocycles. The minimum Gasteiger partial charge on any atom is -0.394 e. The zero-order chi connectivity index (χ0) is 21.4. The predicted octanol–water partition coefficient (Wildman–Crippen LogP) is 3.32. The molecule has 1 heterocycles. The van der Waals surface area contributed by atoms with Crippen molar-refractivity contribution < 1.29 is 14.7 Å². The van der Waals surface area contributed by atoms with Crippen molar-refractivity contribution in [2.75, 3.05) is 24.6 Å². The number of amides is 2. The molecule has 29 heavy (non-hydrogen) atoms. The summed E-state index contributed by atoms with van der Waals surface area (Å²) in [6, 6.07) is 5.67. The SMILES string of the molecule is CC(=O)N1CCCCCCCN(C(C)C)Cc2cc(C(=O)N[C@@H](C)CO)ccc21. The van der Waals surface area contributed by atoms with Crippen molar-refractivity contribution in [2.24, 2.45) is 0 Å². The Morgan fingerprint density at radius 1 is 1.07 bits per heavy atom. The van der Waals surface area contributed by atoms with Crippen LogP contribution in [0, 0.1) is 0 Å². The first-order chi connectivity index (χ1) is 13.8. The Balaban J connectivity index is 2.43. The first-order valence-corrected chi connectivity index (χ1v) is 10.9. The molecule has 0 saturated carbocycles. The van der Waals surface area contributed by atoms with Crippen molar-refractivity contribution in [3.05, 3.63) is 29.3 Å². The molecule has 0 spiro atoms. The van der Waals surface area contributed by atoms with Crippen LogP contribution in [0.4, 0.5) is 5.69 Å². The summed E-state index contributed by atoms with van der Waals surface area (Å²) in [6.07, 6.45) is 5.69. The number of hydrogen-bond donors (Lipinski definition) is 2. The number of fused-ring (bicyclic) bond motifs is 1. The minimum atomic E-state index is -0.302. The molecule has 1 atom stereocenters. The third kappa shape index (κ3) is 6.82. The molecule has 0 fully saturated rings. The molecule has 0 bridgehead atoms. The van der Waals surface area contributed by atoms with E-state index in [2.05, 4.69) is 24.1 Å². The van der Waals surface area contributed by atoms with E-state index in [-0.39, 0.29) is 24.5 Å². The van der Waals surface area contributed by atoms with Gasteiger partial charge in [0.1, 0.15) is 0 Å². The standard InChI is InChI=1S/C23H37N3O3/c1-17(2)25-12-8-6-5-7-9-13-26(19(4)28)22-11-10-20(14-21(22)15-25)23(29)24-18(3)16-27/h10-11,14,17-18,27H,5-9,12-13,15-16H2,1-4H3,(H,24,29)/t18-/m0/s1. The van der Waals surface area contributed by atoms with E-state index in [1.54, 1.807) is 19.9 Å². The molecule has 2 amide bonds. The summed E-state index contributed by atoms with van der Waals surface area (Å²) in [5.41, 5.74) is 2.46. The fraction of sp³-hybridized carbons (Fsp3) is 0.652. The number of carbonyl (C=O) groups excluding carboxylic acids is 2. The van der Waals surface area contributed by atoms with Crippen molar-refractivity contribution in [2.45, 2.75) is 78.4 Å². The van der Waals surface area contributed by atoms with E-state index < -0.39 is 0 Å². The van der Waals surface area contributed by atoms with Gasteiger partial charge in [0.25, 0.3) is 5.91 Å². The van der Waals surface area contributed by atoms with Crippen LogP contribution in [0.5, 0.6) is 0 Å². The molecule has 0 aromatic heterocycles. The molecule has 162 valence electrons. The highest BCUT2D eigenvalue weighted by atomic mass is 16.3. The van der Waals surface area contributed by atoms with Crippen LogP contribution in [0.1, 0.15) is 75.7 Å². The number of nitrogens with zero attached hydrogens (tertiary/aromatic N) is 2. The van der Waals surface area contributed by atoms with Crippen LogP contribution in [-0.2, 0) is 11.3 Å². The van der Waals surface area contributed by atoms with Gasteiger partial charge in [0, 0.05) is 43.3 Å². The van der Waals surface area contributed by atoms with E-state index in [1.807, 2.05) is 17.0 Å². The number of rotatable bonds is 4. The monoisotopic (exact) mass is 403 g/mol. The number of aliphatic hydroxyl groups is 1. The number of hydrogen-bond acceptors (Lipinski definition) is 4. The zero-order valence-corrected chi connectivity index (χ0v) is 18.4. The Morgan fingerprint density at radius 3 is 2.34 bits per heavy atom. The van der Waals surface area contributed by atoms with Crippen LogP contribution in [0.3, 0.4) is 0 Å². The van der Waals surface area contributed by atoms with Gasteiger partial charge >= 0.3 is 0 Å². The second kappa shape index (κ2) is 11.3. The summed E-state index contributed by atoms with van der Waals surface area (Å²) < 4.78 is 0. The first kappa shape index (κ1) is 23.4. The van der Waals surface area contributed by atoms with E-state index in [9.17, 15) is 14.7 Å². The van der Waals surface area contributed by atoms with Crippen LogP contribution in [0.15, 0.2) is 18.2 Å². The fourth-order valence-corrected chi connectivity index (χ4v) is 3.77. The molecule has 1 aliphatic rings. The van der Waals surface area contributed by atoms with Crippen molar-refractivity contribution in [1.29, 1.82) is 0 Å². The maximum Gasteiger partial charge on any atom is 0.251 e. The Kier molecular flexibility index (Phi) is 9.11. The van der Waals surface area contributed by atoms with Crippen LogP contribution >= 0.6 is 0 Å². The Hall–Kier alpha value is -1.92. The number of benzene rings is 1. The molecule has 1 aliphatic heterocycles. The van der Waals surface area contributed by atoms with E-state index in [1.165, 1.54) is 12.8 Å². The Bertz CT molecular complexity index is 690. The number of carbonyl (C=O) groups is 2. The molecule has 6 nitrogen and oxygen atoms in total. The summed E-state index contributed by atoms with van der Waals surface area (Å²) in [4.78, 5) is 29.3. The lowest BCUT2D eigenvalue weighted by molar-refractivity contribution is -0.116. The average molecular weight is 404 g/mol. The summed E-state index contributed by atoms with van der Waals surface area (Å²) in [5.74, 6) is -0.170. The first-order valence-electron chi connectivity index (χ1n) is 10.9. The molecule has 1 aromatic carbocycles. The molecule has 2 N–H and O–H groups in total. The van der Waals surface area contributed by atoms with Crippen molar-refractivity contribution in [3.8, 4) is 0 Å². The highest BCUT2D eigenvalue weighted by Crippen LogP contribution is 2.26. The average Bonchev–Trinajstić information content (AvgIpc) is 2.67. The lowest BCUT2D eigenvalue weighted by Crippen LogP contribution is -2.36. The molecule has 1 aromatic rings. The van der Waals surface area contributed by atoms with Crippen LogP contribution in [0.2, 0.25) is 0 Å². The van der Waals surface area contributed by atoms with Gasteiger partial charge in [-0.3, -0.25) is 14.5 Å². The zero-order valence-electron chi connectivity index (χ0n) is 18.4. The lowest BCUT2D eigenvalue weighted by atomic mass is 10.0. The van der Waals surface area contributed by atoms with Gasteiger partial charge in [-0.25, -0.2) is 0 Å². The fourth-order valence-electron chi connectivity index (χ4n) is 3.77. The second-order valence-electron chi connectivity index (χ2n) is 8.40. The molecular weight excluding hydrogens is 366 g/mol. The van der Waals surface area contributed by atoms with Crippen molar-refractivity contribution in [3.63, 3.8) is 0 Å². The third-order valence-electron chi connectivity index (χ3n) is 5.59. The smallest absolute Gasteiger partial charge is 0.251 e. The Labute approximate surface area is 175 Å². The summed E-state index contributed by atoms with van der Waals surface area (Å²) >= 11 is 0. The van der Waals surface area contributed by atoms with Gasteiger partial charge in [0.05, 0.1) is 6.61 Å². The lowest BCUT2D eigenvalue weighted by Gasteiger charge is -2.31. The normalized spacial score (nSPS) is 17.8. The predicted molar refractivity (Wildman–Crippen MR) is 117 cm³/mol. The van der Waals surface area contributed by atoms with Crippen molar-refractivity contribution in [1.82, 2.24) is 10.2 Å². The van der Waals surface area contributed by atoms with E-state index in [0.29, 0.717) is 24.7 Å². The van der Waals surface area contributed by atoms with Gasteiger partial charge in [-0.2, -0.15) is 0 Å². The van der Waals surface area contributed by atoms with Gasteiger partial charge in [0.15, 0.2) is 0 Å². The van der Waals surface area contributed by atoms with Gasteiger partial charge < -0.3 is 15.3 Å². The third-order valence-corrected chi connectivity index (χ3v) is 5.59. The highest BCUT2D eigenvalue weighted by Gasteiger charge is 2.21. The number of aliphatic hydroxyl groups excluding tert-OH is 1. The quantitative estimate of drug-likeness (QED) is 0.809. The molecule has 0 radical (unpaired) electrons. The molecule has 0 aliphatic carbocycles. The largest absolute Gasteiger partial charge is 0.394 e. The van der Waals surface area contributed by atoms with Crippen molar-refractivity contribution >= 4 is 17.5 Å². The minimum absolute atomic E-state index is 0.0329. The summed E-state index contributed by atoms with van der Waals surface area (Å²) in [5, 5.41) is 12.0. The maximum atomic E-state index is 12.6. The van der Waals surface area contributed by atoms with Crippen LogP contribution in [-0.4, -0.2) is 53.6 Å². The van der Waals surface area contributed by atoms with Gasteiger partial charge in [-0.05, 0) is 63.9 Å². The molecule has 2 rings (SSSR count). The molecule has 0 unspecified atom stereocenters. The summed E-state index contributed by atoms with van der Waals surface area (Å²) in [7, 11) is 0. The Morgan fingerprint density at radius 2 is 1.72 bits per heavy atom. The van der Waals surface area contributed by atoms with Crippen LogP contribution < -0.4 is 10.2 Å². The highest BCUT2D eigenvalue weighted by molar-refractivity contribution is 5.97. The maximum absolute atomic E-state index is 12.6. The van der Waals surface area contributed by atoms with Gasteiger partial charge in [-0.15, -0.1) is 0 Å². The molecular formula is C23H37N3O3. The van der Waals surface area contributed by atoms with E-state index in [4.69, 9.17) is 0 Å². The van der Waals surface area contributed by atoms with E-state index >= 15 is 0 Å². The molecule has 6 heteroatoms. The van der Waals surface area contributed by atoms with Crippen LogP contribution in [0.25, 0.3) is 0 Å². The topological polar surface area (TPSA) is 72.9 Å².